The molecule has 0 aliphatic carbocycles. The van der Waals surface area contributed by atoms with Crippen molar-refractivity contribution in [2.45, 2.75) is 52.4 Å². The number of aliphatic hydroxyl groups is 1. The SMILES string of the molecule is CCOC(=O)Cc1ccccc1OCc1cccc(-c2cccc(C(CO)NC(=O)OC(C)(C)C)c2)c1. The molecule has 0 bridgehead atoms. The lowest BCUT2D eigenvalue weighted by atomic mass is 9.98. The highest BCUT2D eigenvalue weighted by Crippen LogP contribution is 2.26. The summed E-state index contributed by atoms with van der Waals surface area (Å²) < 4.78 is 16.4. The van der Waals surface area contributed by atoms with Crippen molar-refractivity contribution in [1.82, 2.24) is 5.32 Å². The molecule has 0 saturated carbocycles. The van der Waals surface area contributed by atoms with E-state index in [2.05, 4.69) is 5.32 Å². The predicted molar refractivity (Wildman–Crippen MR) is 142 cm³/mol. The second-order valence-electron chi connectivity index (χ2n) is 9.59. The summed E-state index contributed by atoms with van der Waals surface area (Å²) >= 11 is 0. The molecule has 2 N–H and O–H groups in total. The first-order chi connectivity index (χ1) is 17.7. The van der Waals surface area contributed by atoms with Crippen molar-refractivity contribution < 1.29 is 28.9 Å². The van der Waals surface area contributed by atoms with Crippen molar-refractivity contribution in [2.24, 2.45) is 0 Å². The van der Waals surface area contributed by atoms with Gasteiger partial charge in [-0.25, -0.2) is 4.79 Å². The largest absolute Gasteiger partial charge is 0.489 e. The summed E-state index contributed by atoms with van der Waals surface area (Å²) in [5, 5.41) is 12.6. The Balaban J connectivity index is 1.73. The molecule has 0 radical (unpaired) electrons. The molecule has 3 aromatic rings. The van der Waals surface area contributed by atoms with Crippen LogP contribution in [0, 0.1) is 0 Å². The summed E-state index contributed by atoms with van der Waals surface area (Å²) in [5.74, 6) is 0.352. The highest BCUT2D eigenvalue weighted by atomic mass is 16.6. The minimum atomic E-state index is -0.631. The van der Waals surface area contributed by atoms with Crippen molar-refractivity contribution in [2.75, 3.05) is 13.2 Å². The molecule has 3 aromatic carbocycles. The van der Waals surface area contributed by atoms with E-state index in [9.17, 15) is 14.7 Å². The molecule has 0 heterocycles. The third-order valence-corrected chi connectivity index (χ3v) is 5.43. The molecule has 0 aliphatic heterocycles. The fourth-order valence-electron chi connectivity index (χ4n) is 3.78. The van der Waals surface area contributed by atoms with E-state index in [1.807, 2.05) is 72.8 Å². The molecule has 1 amide bonds. The second kappa shape index (κ2) is 12.9. The maximum absolute atomic E-state index is 12.2. The number of benzene rings is 3. The Hall–Kier alpha value is -3.84. The predicted octanol–water partition coefficient (Wildman–Crippen LogP) is 5.60. The molecule has 7 heteroatoms. The van der Waals surface area contributed by atoms with E-state index in [0.29, 0.717) is 19.0 Å². The van der Waals surface area contributed by atoms with Gasteiger partial charge in [-0.3, -0.25) is 4.79 Å². The quantitative estimate of drug-likeness (QED) is 0.349. The maximum atomic E-state index is 12.2. The van der Waals surface area contributed by atoms with Gasteiger partial charge in [-0.1, -0.05) is 54.6 Å². The van der Waals surface area contributed by atoms with Gasteiger partial charge in [-0.05, 0) is 68.1 Å². The first-order valence-corrected chi connectivity index (χ1v) is 12.3. The van der Waals surface area contributed by atoms with Crippen LogP contribution >= 0.6 is 0 Å². The fraction of sp³-hybridized carbons (Fsp3) is 0.333. The number of amides is 1. The highest BCUT2D eigenvalue weighted by Gasteiger charge is 2.20. The Kier molecular flexibility index (Phi) is 9.69. The van der Waals surface area contributed by atoms with Crippen LogP contribution in [0.1, 0.15) is 50.4 Å². The minimum Gasteiger partial charge on any atom is -0.489 e. The van der Waals surface area contributed by atoms with E-state index < -0.39 is 17.7 Å². The third-order valence-electron chi connectivity index (χ3n) is 5.43. The number of para-hydroxylation sites is 1. The lowest BCUT2D eigenvalue weighted by molar-refractivity contribution is -0.142. The Labute approximate surface area is 218 Å². The number of rotatable bonds is 10. The lowest BCUT2D eigenvalue weighted by Crippen LogP contribution is -2.36. The van der Waals surface area contributed by atoms with Crippen LogP contribution in [0.5, 0.6) is 5.75 Å². The Morgan fingerprint density at radius 2 is 1.65 bits per heavy atom. The highest BCUT2D eigenvalue weighted by molar-refractivity contribution is 5.73. The van der Waals surface area contributed by atoms with Gasteiger partial charge in [0.15, 0.2) is 0 Å². The number of alkyl carbamates (subject to hydrolysis) is 1. The van der Waals surface area contributed by atoms with Crippen LogP contribution in [-0.2, 0) is 27.3 Å². The Morgan fingerprint density at radius 3 is 2.35 bits per heavy atom. The van der Waals surface area contributed by atoms with E-state index in [0.717, 1.165) is 27.8 Å². The number of ether oxygens (including phenoxy) is 3. The summed E-state index contributed by atoms with van der Waals surface area (Å²) in [5.41, 5.74) is 3.77. The van der Waals surface area contributed by atoms with Gasteiger partial charge >= 0.3 is 12.1 Å². The van der Waals surface area contributed by atoms with Crippen LogP contribution < -0.4 is 10.1 Å². The van der Waals surface area contributed by atoms with Gasteiger partial charge in [0.1, 0.15) is 18.0 Å². The van der Waals surface area contributed by atoms with E-state index in [1.165, 1.54) is 0 Å². The van der Waals surface area contributed by atoms with Crippen molar-refractivity contribution >= 4 is 12.1 Å². The van der Waals surface area contributed by atoms with Gasteiger partial charge in [-0.15, -0.1) is 0 Å². The molecule has 1 unspecified atom stereocenters. The first kappa shape index (κ1) is 27.7. The Morgan fingerprint density at radius 1 is 0.946 bits per heavy atom. The number of carbonyl (C=O) groups is 2. The van der Waals surface area contributed by atoms with Crippen molar-refractivity contribution in [3.05, 3.63) is 89.5 Å². The van der Waals surface area contributed by atoms with Gasteiger partial charge < -0.3 is 24.6 Å². The topological polar surface area (TPSA) is 94.1 Å². The summed E-state index contributed by atoms with van der Waals surface area (Å²) in [6.45, 7) is 7.55. The molecule has 0 fully saturated rings. The van der Waals surface area contributed by atoms with Crippen LogP contribution in [0.25, 0.3) is 11.1 Å². The summed E-state index contributed by atoms with van der Waals surface area (Å²) in [6.07, 6.45) is -0.431. The van der Waals surface area contributed by atoms with E-state index in [4.69, 9.17) is 14.2 Å². The molecule has 1 atom stereocenters. The zero-order valence-corrected chi connectivity index (χ0v) is 21.8. The molecular weight excluding hydrogens is 470 g/mol. The lowest BCUT2D eigenvalue weighted by Gasteiger charge is -2.23. The van der Waals surface area contributed by atoms with Crippen LogP contribution in [0.3, 0.4) is 0 Å². The number of nitrogens with one attached hydrogen (secondary N) is 1. The average Bonchev–Trinajstić information content (AvgIpc) is 2.86. The van der Waals surface area contributed by atoms with Crippen molar-refractivity contribution in [1.29, 1.82) is 0 Å². The number of hydrogen-bond acceptors (Lipinski definition) is 6. The summed E-state index contributed by atoms with van der Waals surface area (Å²) in [6, 6.07) is 22.4. The maximum Gasteiger partial charge on any atom is 0.408 e. The molecule has 0 aliphatic rings. The number of carbonyl (C=O) groups excluding carboxylic acids is 2. The molecule has 0 saturated heterocycles. The molecule has 3 rings (SSSR count). The van der Waals surface area contributed by atoms with Crippen LogP contribution in [0.4, 0.5) is 4.79 Å². The zero-order valence-electron chi connectivity index (χ0n) is 21.8. The number of esters is 1. The molecule has 7 nitrogen and oxygen atoms in total. The van der Waals surface area contributed by atoms with E-state index in [-0.39, 0.29) is 19.0 Å². The van der Waals surface area contributed by atoms with Crippen molar-refractivity contribution in [3.63, 3.8) is 0 Å². The zero-order chi connectivity index (χ0) is 26.8. The molecule has 0 aromatic heterocycles. The Bertz CT molecular complexity index is 1200. The average molecular weight is 506 g/mol. The van der Waals surface area contributed by atoms with E-state index in [1.54, 1.807) is 27.7 Å². The first-order valence-electron chi connectivity index (χ1n) is 12.3. The molecule has 196 valence electrons. The third kappa shape index (κ3) is 8.65. The van der Waals surface area contributed by atoms with Crippen molar-refractivity contribution in [3.8, 4) is 16.9 Å². The monoisotopic (exact) mass is 505 g/mol. The molecule has 37 heavy (non-hydrogen) atoms. The normalized spacial score (nSPS) is 11.9. The van der Waals surface area contributed by atoms with Gasteiger partial charge in [0.25, 0.3) is 0 Å². The van der Waals surface area contributed by atoms with Gasteiger partial charge in [0.05, 0.1) is 25.7 Å². The minimum absolute atomic E-state index is 0.153. The number of aliphatic hydroxyl groups excluding tert-OH is 1. The molecular formula is C30H35NO6. The van der Waals surface area contributed by atoms with Gasteiger partial charge in [0.2, 0.25) is 0 Å². The van der Waals surface area contributed by atoms with Gasteiger partial charge in [-0.2, -0.15) is 0 Å². The molecule has 0 spiro atoms. The van der Waals surface area contributed by atoms with Crippen LogP contribution in [0.15, 0.2) is 72.8 Å². The summed E-state index contributed by atoms with van der Waals surface area (Å²) in [4.78, 5) is 24.2. The van der Waals surface area contributed by atoms with Crippen LogP contribution in [-0.4, -0.2) is 36.0 Å². The second-order valence-corrected chi connectivity index (χ2v) is 9.59. The van der Waals surface area contributed by atoms with E-state index >= 15 is 0 Å². The smallest absolute Gasteiger partial charge is 0.408 e. The summed E-state index contributed by atoms with van der Waals surface area (Å²) in [7, 11) is 0. The number of hydrogen-bond donors (Lipinski definition) is 2. The van der Waals surface area contributed by atoms with Crippen LogP contribution in [0.2, 0.25) is 0 Å². The van der Waals surface area contributed by atoms with Gasteiger partial charge in [0, 0.05) is 5.56 Å². The fourth-order valence-corrected chi connectivity index (χ4v) is 3.78. The standard InChI is InChI=1S/C30H35NO6/c1-5-35-28(33)18-25-11-6-7-15-27(25)36-20-21-10-8-12-22(16-21)23-13-9-14-24(17-23)26(19-32)31-29(34)37-30(2,3)4/h6-17,26,32H,5,18-20H2,1-4H3,(H,31,34).